The van der Waals surface area contributed by atoms with E-state index in [0.717, 1.165) is 28.0 Å². The number of aliphatic hydroxyl groups excluding tert-OH is 1. The molecule has 0 aliphatic carbocycles. The largest absolute Gasteiger partial charge is 0.489 e. The molecule has 0 radical (unpaired) electrons. The zero-order chi connectivity index (χ0) is 28.3. The predicted molar refractivity (Wildman–Crippen MR) is 134 cm³/mol. The molecule has 3 aromatic rings. The molecule has 12 heteroatoms. The van der Waals surface area contributed by atoms with E-state index >= 15 is 8.78 Å². The second-order valence-electron chi connectivity index (χ2n) is 9.64. The minimum atomic E-state index is -3.53. The number of H-pyrrole nitrogens is 1. The number of amides is 1. The molecule has 1 aromatic heterocycles. The van der Waals surface area contributed by atoms with E-state index in [1.807, 2.05) is 12.1 Å². The van der Waals surface area contributed by atoms with E-state index < -0.39 is 61.1 Å². The number of hydrogen-bond donors (Lipinski definition) is 3. The van der Waals surface area contributed by atoms with Gasteiger partial charge in [0.1, 0.15) is 19.0 Å². The van der Waals surface area contributed by atoms with E-state index in [1.165, 1.54) is 4.90 Å². The molecule has 2 heterocycles. The number of aromatic nitrogens is 1. The average Bonchev–Trinajstić information content (AvgIpc) is 3.26. The lowest BCUT2D eigenvalue weighted by Crippen LogP contribution is -2.49. The summed E-state index contributed by atoms with van der Waals surface area (Å²) in [5, 5.41) is 19.3. The number of nitrogens with zero attached hydrogens (tertiary/aromatic N) is 2. The monoisotopic (exact) mass is 555 g/mol. The van der Waals surface area contributed by atoms with Crippen LogP contribution >= 0.6 is 0 Å². The highest BCUT2D eigenvalue weighted by Crippen LogP contribution is 2.44. The van der Waals surface area contributed by atoms with Gasteiger partial charge in [-0.3, -0.25) is 9.29 Å². The van der Waals surface area contributed by atoms with Crippen molar-refractivity contribution in [2.75, 3.05) is 39.5 Å². The summed E-state index contributed by atoms with van der Waals surface area (Å²) in [6.45, 7) is -1.98. The molecule has 0 saturated carbocycles. The molecule has 3 N–H and O–H groups in total. The molecule has 0 fully saturated rings. The number of halogens is 5. The molecule has 7 nitrogen and oxygen atoms in total. The first kappa shape index (κ1) is 28.6. The molecular weight excluding hydrogens is 525 g/mol. The summed E-state index contributed by atoms with van der Waals surface area (Å²) in [7, 11) is 0. The lowest BCUT2D eigenvalue weighted by molar-refractivity contribution is -0.0869. The minimum Gasteiger partial charge on any atom is -0.489 e. The van der Waals surface area contributed by atoms with Gasteiger partial charge in [0.25, 0.3) is 5.92 Å². The number of nitrogens with one attached hydrogen (secondary N) is 1. The van der Waals surface area contributed by atoms with Crippen LogP contribution in [-0.2, 0) is 6.42 Å². The van der Waals surface area contributed by atoms with Crippen molar-refractivity contribution in [1.82, 2.24) is 14.8 Å². The quantitative estimate of drug-likeness (QED) is 0.286. The van der Waals surface area contributed by atoms with E-state index in [9.17, 15) is 28.2 Å². The normalized spacial score (nSPS) is 17.8. The molecule has 2 atom stereocenters. The molecule has 1 aliphatic heterocycles. The predicted octanol–water partition coefficient (Wildman–Crippen LogP) is 5.13. The molecule has 1 aliphatic rings. The number of fused-ring (bicyclic) bond motifs is 3. The summed E-state index contributed by atoms with van der Waals surface area (Å²) < 4.78 is 78.2. The van der Waals surface area contributed by atoms with Crippen molar-refractivity contribution in [3.63, 3.8) is 0 Å². The van der Waals surface area contributed by atoms with Crippen LogP contribution in [0.5, 0.6) is 5.75 Å². The molecule has 0 unspecified atom stereocenters. The smallest absolute Gasteiger partial charge is 0.407 e. The van der Waals surface area contributed by atoms with Gasteiger partial charge in [-0.2, -0.15) is 0 Å². The number of aromatic amines is 1. The Hall–Kier alpha value is -3.38. The van der Waals surface area contributed by atoms with Gasteiger partial charge in [0, 0.05) is 29.2 Å². The third-order valence-electron chi connectivity index (χ3n) is 6.98. The van der Waals surface area contributed by atoms with Gasteiger partial charge in [0.2, 0.25) is 0 Å². The summed E-state index contributed by atoms with van der Waals surface area (Å²) in [6.07, 6.45) is -0.974. The number of aliphatic hydroxyl groups is 1. The van der Waals surface area contributed by atoms with Crippen LogP contribution in [0.2, 0.25) is 0 Å². The standard InChI is InChI=1S/C27H30F5N3O4/c1-16-13-18-17-5-2-3-6-20(17)33-24(18)25(35(16)14-27(31,32)15-36)22-19(29)7-8-21(23(22)30)39-12-11-34(26(37)38)10-4-9-28/h2-3,5-8,16,25,33,36H,4,9-15H2,1H3,(H,37,38)/t16-,25-/m1/s1. The Morgan fingerprint density at radius 3 is 2.64 bits per heavy atom. The van der Waals surface area contributed by atoms with Gasteiger partial charge < -0.3 is 24.8 Å². The fourth-order valence-corrected chi connectivity index (χ4v) is 5.11. The minimum absolute atomic E-state index is 0.0115. The first-order chi connectivity index (χ1) is 18.6. The second kappa shape index (κ2) is 11.8. The number of hydrogen-bond acceptors (Lipinski definition) is 4. The summed E-state index contributed by atoms with van der Waals surface area (Å²) in [4.78, 5) is 16.7. The van der Waals surface area contributed by atoms with Gasteiger partial charge in [0.15, 0.2) is 11.6 Å². The molecule has 39 heavy (non-hydrogen) atoms. The van der Waals surface area contributed by atoms with Gasteiger partial charge >= 0.3 is 6.09 Å². The number of benzene rings is 2. The molecule has 2 aromatic carbocycles. The third kappa shape index (κ3) is 5.96. The van der Waals surface area contributed by atoms with Crippen molar-refractivity contribution < 1.29 is 41.7 Å². The Labute approximate surface area is 221 Å². The molecule has 4 rings (SSSR count). The Kier molecular flexibility index (Phi) is 8.65. The fraction of sp³-hybridized carbons (Fsp3) is 0.444. The highest BCUT2D eigenvalue weighted by Gasteiger charge is 2.43. The average molecular weight is 556 g/mol. The van der Waals surface area contributed by atoms with E-state index in [0.29, 0.717) is 17.6 Å². The Bertz CT molecular complexity index is 1320. The molecule has 212 valence electrons. The van der Waals surface area contributed by atoms with Crippen LogP contribution in [-0.4, -0.2) is 82.6 Å². The van der Waals surface area contributed by atoms with Crippen molar-refractivity contribution >= 4 is 17.0 Å². The van der Waals surface area contributed by atoms with Crippen molar-refractivity contribution in [3.05, 3.63) is 64.9 Å². The molecular formula is C27H30F5N3O4. The summed E-state index contributed by atoms with van der Waals surface area (Å²) in [5.41, 5.74) is 1.29. The number of alkyl halides is 3. The van der Waals surface area contributed by atoms with E-state index in [4.69, 9.17) is 4.74 Å². The number of rotatable bonds is 11. The molecule has 1 amide bonds. The van der Waals surface area contributed by atoms with Crippen molar-refractivity contribution in [2.45, 2.75) is 37.8 Å². The summed E-state index contributed by atoms with van der Waals surface area (Å²) >= 11 is 0. The second-order valence-corrected chi connectivity index (χ2v) is 9.64. The van der Waals surface area contributed by atoms with Crippen LogP contribution < -0.4 is 4.74 Å². The Balaban J connectivity index is 1.74. The van der Waals surface area contributed by atoms with Crippen LogP contribution in [0.3, 0.4) is 0 Å². The van der Waals surface area contributed by atoms with Crippen molar-refractivity contribution in [3.8, 4) is 5.75 Å². The van der Waals surface area contributed by atoms with Gasteiger partial charge in [0.05, 0.1) is 31.4 Å². The van der Waals surface area contributed by atoms with Crippen LogP contribution in [0.4, 0.5) is 26.7 Å². The lowest BCUT2D eigenvalue weighted by atomic mass is 9.87. The number of para-hydroxylation sites is 1. The SMILES string of the molecule is C[C@@H]1Cc2c([nH]c3ccccc23)[C@@H](c2c(F)ccc(OCCN(CCCF)C(=O)O)c2F)N1CC(F)(F)CO. The van der Waals surface area contributed by atoms with Gasteiger partial charge in [-0.15, -0.1) is 0 Å². The summed E-state index contributed by atoms with van der Waals surface area (Å²) in [5.74, 6) is -6.00. The highest BCUT2D eigenvalue weighted by molar-refractivity contribution is 5.85. The van der Waals surface area contributed by atoms with Gasteiger partial charge in [-0.05, 0) is 43.5 Å². The maximum atomic E-state index is 15.9. The molecule has 0 saturated heterocycles. The van der Waals surface area contributed by atoms with Crippen LogP contribution in [0, 0.1) is 11.6 Å². The van der Waals surface area contributed by atoms with Gasteiger partial charge in [-0.1, -0.05) is 18.2 Å². The first-order valence-electron chi connectivity index (χ1n) is 12.6. The van der Waals surface area contributed by atoms with Crippen LogP contribution in [0.15, 0.2) is 36.4 Å². The first-order valence-corrected chi connectivity index (χ1v) is 12.6. The number of ether oxygens (including phenoxy) is 1. The maximum absolute atomic E-state index is 15.9. The zero-order valence-electron chi connectivity index (χ0n) is 21.3. The molecule has 0 spiro atoms. The van der Waals surface area contributed by atoms with Crippen molar-refractivity contribution in [2.24, 2.45) is 0 Å². The highest BCUT2D eigenvalue weighted by atomic mass is 19.3. The number of carboxylic acid groups (broad SMARTS) is 1. The van der Waals surface area contributed by atoms with Gasteiger partial charge in [-0.25, -0.2) is 22.4 Å². The van der Waals surface area contributed by atoms with Crippen LogP contribution in [0.25, 0.3) is 10.9 Å². The number of carbonyl (C=O) groups is 1. The van der Waals surface area contributed by atoms with E-state index in [2.05, 4.69) is 4.98 Å². The molecule has 0 bridgehead atoms. The van der Waals surface area contributed by atoms with E-state index in [-0.39, 0.29) is 31.9 Å². The third-order valence-corrected chi connectivity index (χ3v) is 6.98. The fourth-order valence-electron chi connectivity index (χ4n) is 5.11. The zero-order valence-corrected chi connectivity index (χ0v) is 21.3. The summed E-state index contributed by atoms with van der Waals surface area (Å²) in [6, 6.07) is 7.37. The van der Waals surface area contributed by atoms with E-state index in [1.54, 1.807) is 19.1 Å². The maximum Gasteiger partial charge on any atom is 0.407 e. The lowest BCUT2D eigenvalue weighted by Gasteiger charge is -2.42. The Morgan fingerprint density at radius 2 is 1.95 bits per heavy atom. The van der Waals surface area contributed by atoms with Crippen LogP contribution in [0.1, 0.15) is 36.2 Å². The van der Waals surface area contributed by atoms with Crippen molar-refractivity contribution in [1.29, 1.82) is 0 Å². The topological polar surface area (TPSA) is 89.0 Å². The Morgan fingerprint density at radius 1 is 1.21 bits per heavy atom.